The molecule has 1 amide bonds. The second-order valence-corrected chi connectivity index (χ2v) is 4.31. The van der Waals surface area contributed by atoms with E-state index in [-0.39, 0.29) is 17.5 Å². The van der Waals surface area contributed by atoms with Gasteiger partial charge in [0, 0.05) is 17.9 Å². The number of nitriles is 1. The topological polar surface area (TPSA) is 64.9 Å². The first-order valence-corrected chi connectivity index (χ1v) is 5.77. The minimum absolute atomic E-state index is 0.00799. The fraction of sp³-hybridized carbons (Fsp3) is 0.286. The first-order chi connectivity index (χ1) is 8.52. The summed E-state index contributed by atoms with van der Waals surface area (Å²) in [4.78, 5) is 11.6. The minimum Gasteiger partial charge on any atom is -0.360 e. The standard InChI is InChI=1S/C14H17N3O/c1-10(2)17-14(18)12(8-15)9-16-13-6-4-11(3)5-7-13/h4-7,9-10,16H,1-3H3,(H,17,18)/b12-9-. The number of aryl methyl sites for hydroxylation is 1. The molecule has 0 bridgehead atoms. The summed E-state index contributed by atoms with van der Waals surface area (Å²) in [5, 5.41) is 14.5. The van der Waals surface area contributed by atoms with E-state index in [0.717, 1.165) is 11.3 Å². The van der Waals surface area contributed by atoms with Gasteiger partial charge < -0.3 is 10.6 Å². The molecule has 1 aromatic carbocycles. The Bertz CT molecular complexity index is 481. The summed E-state index contributed by atoms with van der Waals surface area (Å²) in [6, 6.07) is 9.57. The first kappa shape index (κ1) is 13.8. The minimum atomic E-state index is -0.368. The first-order valence-electron chi connectivity index (χ1n) is 5.77. The van der Waals surface area contributed by atoms with E-state index in [1.807, 2.05) is 51.1 Å². The number of carbonyl (C=O) groups excluding carboxylic acids is 1. The van der Waals surface area contributed by atoms with Crippen molar-refractivity contribution < 1.29 is 4.79 Å². The molecule has 0 fully saturated rings. The molecule has 0 aliphatic carbocycles. The maximum Gasteiger partial charge on any atom is 0.263 e. The Morgan fingerprint density at radius 2 is 1.94 bits per heavy atom. The van der Waals surface area contributed by atoms with Crippen LogP contribution in [0, 0.1) is 18.3 Å². The Hall–Kier alpha value is -2.28. The third-order valence-corrected chi connectivity index (χ3v) is 2.22. The van der Waals surface area contributed by atoms with Gasteiger partial charge in [-0.15, -0.1) is 0 Å². The molecule has 0 heterocycles. The second kappa shape index (κ2) is 6.45. The largest absolute Gasteiger partial charge is 0.360 e. The fourth-order valence-electron chi connectivity index (χ4n) is 1.29. The zero-order valence-electron chi connectivity index (χ0n) is 10.8. The molecular weight excluding hydrogens is 226 g/mol. The maximum absolute atomic E-state index is 11.6. The lowest BCUT2D eigenvalue weighted by Gasteiger charge is -2.07. The zero-order chi connectivity index (χ0) is 13.5. The van der Waals surface area contributed by atoms with Crippen molar-refractivity contribution in [2.45, 2.75) is 26.8 Å². The number of amides is 1. The van der Waals surface area contributed by atoms with Crippen molar-refractivity contribution in [2.75, 3.05) is 5.32 Å². The lowest BCUT2D eigenvalue weighted by molar-refractivity contribution is -0.117. The van der Waals surface area contributed by atoms with Gasteiger partial charge in [0.1, 0.15) is 11.6 Å². The maximum atomic E-state index is 11.6. The van der Waals surface area contributed by atoms with Crippen molar-refractivity contribution in [3.63, 3.8) is 0 Å². The van der Waals surface area contributed by atoms with Gasteiger partial charge in [0.25, 0.3) is 5.91 Å². The van der Waals surface area contributed by atoms with Crippen LogP contribution in [0.5, 0.6) is 0 Å². The van der Waals surface area contributed by atoms with Gasteiger partial charge in [0.2, 0.25) is 0 Å². The van der Waals surface area contributed by atoms with Gasteiger partial charge in [-0.3, -0.25) is 4.79 Å². The van der Waals surface area contributed by atoms with Crippen LogP contribution in [0.4, 0.5) is 5.69 Å². The van der Waals surface area contributed by atoms with Crippen molar-refractivity contribution >= 4 is 11.6 Å². The van der Waals surface area contributed by atoms with Crippen LogP contribution in [0.25, 0.3) is 0 Å². The van der Waals surface area contributed by atoms with E-state index in [1.165, 1.54) is 6.20 Å². The normalized spacial score (nSPS) is 10.9. The van der Waals surface area contributed by atoms with Crippen molar-refractivity contribution in [1.29, 1.82) is 5.26 Å². The number of nitrogens with one attached hydrogen (secondary N) is 2. The van der Waals surface area contributed by atoms with Crippen LogP contribution in [0.2, 0.25) is 0 Å². The number of nitrogens with zero attached hydrogens (tertiary/aromatic N) is 1. The molecule has 0 unspecified atom stereocenters. The highest BCUT2D eigenvalue weighted by Gasteiger charge is 2.09. The Balaban J connectivity index is 2.72. The lowest BCUT2D eigenvalue weighted by atomic mass is 10.2. The Morgan fingerprint density at radius 1 is 1.33 bits per heavy atom. The Labute approximate surface area is 107 Å². The van der Waals surface area contributed by atoms with Gasteiger partial charge in [-0.1, -0.05) is 17.7 Å². The molecule has 0 atom stereocenters. The lowest BCUT2D eigenvalue weighted by Crippen LogP contribution is -2.31. The molecule has 2 N–H and O–H groups in total. The molecule has 1 aromatic rings. The zero-order valence-corrected chi connectivity index (χ0v) is 10.8. The fourth-order valence-corrected chi connectivity index (χ4v) is 1.29. The van der Waals surface area contributed by atoms with Crippen LogP contribution in [-0.2, 0) is 4.79 Å². The molecule has 1 rings (SSSR count). The van der Waals surface area contributed by atoms with Crippen molar-refractivity contribution in [1.82, 2.24) is 5.32 Å². The van der Waals surface area contributed by atoms with Gasteiger partial charge in [-0.2, -0.15) is 5.26 Å². The van der Waals surface area contributed by atoms with Gasteiger partial charge in [-0.25, -0.2) is 0 Å². The number of hydrogen-bond donors (Lipinski definition) is 2. The Morgan fingerprint density at radius 3 is 2.44 bits per heavy atom. The van der Waals surface area contributed by atoms with Crippen LogP contribution in [-0.4, -0.2) is 11.9 Å². The van der Waals surface area contributed by atoms with Crippen LogP contribution < -0.4 is 10.6 Å². The highest BCUT2D eigenvalue weighted by atomic mass is 16.1. The van der Waals surface area contributed by atoms with Crippen LogP contribution in [0.1, 0.15) is 19.4 Å². The number of carbonyl (C=O) groups is 1. The van der Waals surface area contributed by atoms with E-state index in [0.29, 0.717) is 0 Å². The van der Waals surface area contributed by atoms with E-state index in [4.69, 9.17) is 5.26 Å². The smallest absolute Gasteiger partial charge is 0.263 e. The van der Waals surface area contributed by atoms with Gasteiger partial charge in [0.05, 0.1) is 0 Å². The quantitative estimate of drug-likeness (QED) is 0.630. The molecule has 0 aliphatic rings. The van der Waals surface area contributed by atoms with Gasteiger partial charge in [-0.05, 0) is 32.9 Å². The average Bonchev–Trinajstić information content (AvgIpc) is 2.31. The van der Waals surface area contributed by atoms with E-state index in [9.17, 15) is 4.79 Å². The van der Waals surface area contributed by atoms with E-state index in [2.05, 4.69) is 10.6 Å². The summed E-state index contributed by atoms with van der Waals surface area (Å²) in [5.74, 6) is -0.368. The molecule has 0 aromatic heterocycles. The van der Waals surface area contributed by atoms with Crippen molar-refractivity contribution in [3.05, 3.63) is 41.6 Å². The van der Waals surface area contributed by atoms with E-state index < -0.39 is 0 Å². The molecule has 18 heavy (non-hydrogen) atoms. The van der Waals surface area contributed by atoms with E-state index in [1.54, 1.807) is 0 Å². The van der Waals surface area contributed by atoms with E-state index >= 15 is 0 Å². The number of hydrogen-bond acceptors (Lipinski definition) is 3. The summed E-state index contributed by atoms with van der Waals surface area (Å²) < 4.78 is 0. The second-order valence-electron chi connectivity index (χ2n) is 4.31. The molecule has 4 heteroatoms. The van der Waals surface area contributed by atoms with Gasteiger partial charge in [0.15, 0.2) is 0 Å². The summed E-state index contributed by atoms with van der Waals surface area (Å²) >= 11 is 0. The number of benzene rings is 1. The Kier molecular flexibility index (Phi) is 4.94. The average molecular weight is 243 g/mol. The summed E-state index contributed by atoms with van der Waals surface area (Å²) in [6.07, 6.45) is 1.42. The molecule has 0 saturated heterocycles. The predicted octanol–water partition coefficient (Wildman–Crippen LogP) is 2.34. The van der Waals surface area contributed by atoms with Gasteiger partial charge >= 0.3 is 0 Å². The van der Waals surface area contributed by atoms with Crippen LogP contribution in [0.3, 0.4) is 0 Å². The highest BCUT2D eigenvalue weighted by Crippen LogP contribution is 2.09. The third-order valence-electron chi connectivity index (χ3n) is 2.22. The molecule has 0 aliphatic heterocycles. The number of anilines is 1. The predicted molar refractivity (Wildman–Crippen MR) is 71.8 cm³/mol. The molecular formula is C14H17N3O. The molecule has 94 valence electrons. The molecule has 0 spiro atoms. The monoisotopic (exact) mass is 243 g/mol. The van der Waals surface area contributed by atoms with Crippen LogP contribution in [0.15, 0.2) is 36.0 Å². The molecule has 0 radical (unpaired) electrons. The number of rotatable bonds is 4. The summed E-state index contributed by atoms with van der Waals surface area (Å²) in [6.45, 7) is 5.69. The summed E-state index contributed by atoms with van der Waals surface area (Å²) in [5.41, 5.74) is 2.05. The van der Waals surface area contributed by atoms with Crippen molar-refractivity contribution in [2.24, 2.45) is 0 Å². The van der Waals surface area contributed by atoms with Crippen molar-refractivity contribution in [3.8, 4) is 6.07 Å². The highest BCUT2D eigenvalue weighted by molar-refractivity contribution is 5.97. The molecule has 0 saturated carbocycles. The SMILES string of the molecule is Cc1ccc(N/C=C(/C#N)C(=O)NC(C)C)cc1. The summed E-state index contributed by atoms with van der Waals surface area (Å²) in [7, 11) is 0. The molecule has 4 nitrogen and oxygen atoms in total. The van der Waals surface area contributed by atoms with Crippen LogP contribution >= 0.6 is 0 Å². The third kappa shape index (κ3) is 4.30.